The lowest BCUT2D eigenvalue weighted by molar-refractivity contribution is -0.274. The summed E-state index contributed by atoms with van der Waals surface area (Å²) in [6.07, 6.45) is 7.40. The zero-order chi connectivity index (χ0) is 18.3. The molecule has 0 fully saturated rings. The highest BCUT2D eigenvalue weighted by atomic mass is 19.4. The summed E-state index contributed by atoms with van der Waals surface area (Å²) in [7, 11) is 0. The lowest BCUT2D eigenvalue weighted by Gasteiger charge is -2.23. The summed E-state index contributed by atoms with van der Waals surface area (Å²) in [5.74, 6) is 1.43. The van der Waals surface area contributed by atoms with Crippen molar-refractivity contribution in [1.29, 1.82) is 0 Å². The van der Waals surface area contributed by atoms with E-state index >= 15 is 0 Å². The molecule has 1 aliphatic carbocycles. The molecule has 2 unspecified atom stereocenters. The van der Waals surface area contributed by atoms with Crippen LogP contribution in [0.25, 0.3) is 5.57 Å². The minimum Gasteiger partial charge on any atom is -0.406 e. The van der Waals surface area contributed by atoms with E-state index in [0.717, 1.165) is 30.2 Å². The summed E-state index contributed by atoms with van der Waals surface area (Å²) in [6, 6.07) is 6.23. The second-order valence-corrected chi connectivity index (χ2v) is 7.27. The van der Waals surface area contributed by atoms with E-state index in [2.05, 4.69) is 24.7 Å². The number of rotatable bonds is 8. The van der Waals surface area contributed by atoms with Gasteiger partial charge in [0.2, 0.25) is 0 Å². The Kier molecular flexibility index (Phi) is 7.39. The van der Waals surface area contributed by atoms with Gasteiger partial charge in [-0.25, -0.2) is 0 Å². The molecule has 1 nitrogen and oxygen atoms in total. The standard InChI is InChI=1S/C21H29F3O/c1-3-5-16(2)6-4-7-17-8-10-18(11-9-17)19-12-14-20(15-13-19)25-21(22,23)24/h10,12-17H,3-9,11H2,1-2H3. The number of allylic oxidation sites excluding steroid dienone is 2. The second-order valence-electron chi connectivity index (χ2n) is 7.27. The molecule has 0 radical (unpaired) electrons. The summed E-state index contributed by atoms with van der Waals surface area (Å²) >= 11 is 0. The molecule has 1 aliphatic rings. The Morgan fingerprint density at radius 1 is 1.16 bits per heavy atom. The van der Waals surface area contributed by atoms with Crippen LogP contribution in [0.3, 0.4) is 0 Å². The van der Waals surface area contributed by atoms with Crippen LogP contribution in [0, 0.1) is 11.8 Å². The topological polar surface area (TPSA) is 9.23 Å². The fourth-order valence-corrected chi connectivity index (χ4v) is 3.68. The Morgan fingerprint density at radius 2 is 1.88 bits per heavy atom. The summed E-state index contributed by atoms with van der Waals surface area (Å²) < 4.78 is 40.5. The summed E-state index contributed by atoms with van der Waals surface area (Å²) in [4.78, 5) is 0. The Morgan fingerprint density at radius 3 is 2.44 bits per heavy atom. The largest absolute Gasteiger partial charge is 0.573 e. The van der Waals surface area contributed by atoms with E-state index in [1.54, 1.807) is 12.1 Å². The fourth-order valence-electron chi connectivity index (χ4n) is 3.68. The molecule has 0 saturated heterocycles. The van der Waals surface area contributed by atoms with E-state index in [9.17, 15) is 13.2 Å². The smallest absolute Gasteiger partial charge is 0.406 e. The molecule has 0 amide bonds. The SMILES string of the molecule is CCCC(C)CCCC1CC=C(c2ccc(OC(F)(F)F)cc2)CC1. The van der Waals surface area contributed by atoms with E-state index in [4.69, 9.17) is 0 Å². The van der Waals surface area contributed by atoms with E-state index in [1.165, 1.54) is 56.2 Å². The van der Waals surface area contributed by atoms with Gasteiger partial charge in [0.05, 0.1) is 0 Å². The molecule has 1 aromatic rings. The van der Waals surface area contributed by atoms with Gasteiger partial charge < -0.3 is 4.74 Å². The number of hydrogen-bond acceptors (Lipinski definition) is 1. The Labute approximate surface area is 149 Å². The monoisotopic (exact) mass is 354 g/mol. The number of halogens is 3. The van der Waals surface area contributed by atoms with Crippen molar-refractivity contribution < 1.29 is 17.9 Å². The van der Waals surface area contributed by atoms with Crippen LogP contribution in [-0.4, -0.2) is 6.36 Å². The first-order valence-electron chi connectivity index (χ1n) is 9.42. The van der Waals surface area contributed by atoms with Crippen LogP contribution in [0.4, 0.5) is 13.2 Å². The first kappa shape index (κ1) is 19.9. The fraction of sp³-hybridized carbons (Fsp3) is 0.619. The molecule has 1 aromatic carbocycles. The average Bonchev–Trinajstić information content (AvgIpc) is 2.55. The van der Waals surface area contributed by atoms with Crippen LogP contribution < -0.4 is 4.74 Å². The summed E-state index contributed by atoms with van der Waals surface area (Å²) in [5.41, 5.74) is 2.25. The van der Waals surface area contributed by atoms with Gasteiger partial charge in [-0.1, -0.05) is 64.2 Å². The first-order valence-corrected chi connectivity index (χ1v) is 9.42. The van der Waals surface area contributed by atoms with Crippen molar-refractivity contribution in [3.05, 3.63) is 35.9 Å². The number of benzene rings is 1. The van der Waals surface area contributed by atoms with Crippen LogP contribution in [0.5, 0.6) is 5.75 Å². The number of hydrogen-bond donors (Lipinski definition) is 0. The summed E-state index contributed by atoms with van der Waals surface area (Å²) in [5, 5.41) is 0. The Bertz CT molecular complexity index is 545. The Hall–Kier alpha value is -1.45. The molecule has 4 heteroatoms. The predicted octanol–water partition coefficient (Wildman–Crippen LogP) is 7.38. The van der Waals surface area contributed by atoms with Crippen LogP contribution in [0.2, 0.25) is 0 Å². The maximum atomic E-state index is 12.2. The van der Waals surface area contributed by atoms with Gasteiger partial charge in [0.25, 0.3) is 0 Å². The third kappa shape index (κ3) is 7.13. The van der Waals surface area contributed by atoms with Gasteiger partial charge >= 0.3 is 6.36 Å². The lowest BCUT2D eigenvalue weighted by atomic mass is 9.83. The van der Waals surface area contributed by atoms with Crippen LogP contribution in [0.15, 0.2) is 30.3 Å². The molecule has 0 saturated carbocycles. The molecular formula is C21H29F3O. The van der Waals surface area contributed by atoms with Crippen molar-refractivity contribution in [1.82, 2.24) is 0 Å². The molecule has 0 aromatic heterocycles. The molecule has 0 heterocycles. The van der Waals surface area contributed by atoms with Gasteiger partial charge in [0.15, 0.2) is 0 Å². The van der Waals surface area contributed by atoms with E-state index in [-0.39, 0.29) is 5.75 Å². The minimum absolute atomic E-state index is 0.160. The van der Waals surface area contributed by atoms with Crippen molar-refractivity contribution in [3.63, 3.8) is 0 Å². The molecular weight excluding hydrogens is 325 g/mol. The average molecular weight is 354 g/mol. The minimum atomic E-state index is -4.63. The van der Waals surface area contributed by atoms with Gasteiger partial charge in [-0.2, -0.15) is 0 Å². The lowest BCUT2D eigenvalue weighted by Crippen LogP contribution is -2.17. The second kappa shape index (κ2) is 9.30. The van der Waals surface area contributed by atoms with Gasteiger partial charge in [-0.3, -0.25) is 0 Å². The highest BCUT2D eigenvalue weighted by Crippen LogP contribution is 2.34. The molecule has 140 valence electrons. The highest BCUT2D eigenvalue weighted by Gasteiger charge is 2.31. The first-order chi connectivity index (χ1) is 11.9. The molecule has 0 bridgehead atoms. The quantitative estimate of drug-likeness (QED) is 0.473. The van der Waals surface area contributed by atoms with Crippen molar-refractivity contribution in [2.45, 2.75) is 71.6 Å². The molecule has 0 spiro atoms. The third-order valence-electron chi connectivity index (χ3n) is 5.07. The maximum absolute atomic E-state index is 12.2. The molecule has 2 atom stereocenters. The van der Waals surface area contributed by atoms with Crippen LogP contribution >= 0.6 is 0 Å². The highest BCUT2D eigenvalue weighted by molar-refractivity contribution is 5.66. The van der Waals surface area contributed by atoms with Crippen LogP contribution in [-0.2, 0) is 0 Å². The normalized spacial score (nSPS) is 19.4. The zero-order valence-electron chi connectivity index (χ0n) is 15.2. The molecule has 0 aliphatic heterocycles. The van der Waals surface area contributed by atoms with E-state index < -0.39 is 6.36 Å². The Balaban J connectivity index is 1.80. The maximum Gasteiger partial charge on any atom is 0.573 e. The summed E-state index contributed by atoms with van der Waals surface area (Å²) in [6.45, 7) is 4.58. The number of alkyl halides is 3. The van der Waals surface area contributed by atoms with Crippen LogP contribution in [0.1, 0.15) is 70.8 Å². The van der Waals surface area contributed by atoms with E-state index in [0.29, 0.717) is 0 Å². The molecule has 25 heavy (non-hydrogen) atoms. The van der Waals surface area contributed by atoms with Crippen molar-refractivity contribution >= 4 is 5.57 Å². The van der Waals surface area contributed by atoms with Gasteiger partial charge in [-0.15, -0.1) is 13.2 Å². The number of ether oxygens (including phenoxy) is 1. The zero-order valence-corrected chi connectivity index (χ0v) is 15.2. The van der Waals surface area contributed by atoms with Crippen molar-refractivity contribution in [2.75, 3.05) is 0 Å². The predicted molar refractivity (Wildman–Crippen MR) is 96.4 cm³/mol. The van der Waals surface area contributed by atoms with Gasteiger partial charge in [0.1, 0.15) is 5.75 Å². The van der Waals surface area contributed by atoms with E-state index in [1.807, 2.05) is 0 Å². The van der Waals surface area contributed by atoms with Crippen molar-refractivity contribution in [3.8, 4) is 5.75 Å². The molecule has 2 rings (SSSR count). The van der Waals surface area contributed by atoms with Crippen molar-refractivity contribution in [2.24, 2.45) is 11.8 Å². The van der Waals surface area contributed by atoms with Gasteiger partial charge in [0, 0.05) is 0 Å². The molecule has 0 N–H and O–H groups in total. The third-order valence-corrected chi connectivity index (χ3v) is 5.07. The van der Waals surface area contributed by atoms with Gasteiger partial charge in [-0.05, 0) is 54.4 Å².